The predicted octanol–water partition coefficient (Wildman–Crippen LogP) is 1.76. The van der Waals surface area contributed by atoms with Crippen molar-refractivity contribution >= 4 is 21.6 Å². The Kier molecular flexibility index (Phi) is 4.99. The number of sulfonamides is 1. The zero-order valence-corrected chi connectivity index (χ0v) is 18.2. The number of carbonyl (C=O) groups excluding carboxylic acids is 1. The van der Waals surface area contributed by atoms with E-state index >= 15 is 0 Å². The number of hydrogen-bond donors (Lipinski definition) is 0. The number of carbonyl (C=O) groups is 1. The van der Waals surface area contributed by atoms with Gasteiger partial charge in [0.2, 0.25) is 10.0 Å². The molecule has 1 spiro atoms. The summed E-state index contributed by atoms with van der Waals surface area (Å²) in [5.41, 5.74) is 0.821. The van der Waals surface area contributed by atoms with Gasteiger partial charge >= 0.3 is 0 Å². The number of piperidine rings is 1. The van der Waals surface area contributed by atoms with Gasteiger partial charge in [0.15, 0.2) is 6.10 Å². The van der Waals surface area contributed by atoms with Crippen LogP contribution in [0.15, 0.2) is 29.2 Å². The van der Waals surface area contributed by atoms with Crippen LogP contribution in [-0.4, -0.2) is 60.3 Å². The fourth-order valence-electron chi connectivity index (χ4n) is 4.79. The summed E-state index contributed by atoms with van der Waals surface area (Å²) in [6, 6.07) is 5.87. The number of β-lactam (4-membered cyclic amide) rings is 1. The quantitative estimate of drug-likeness (QED) is 0.682. The summed E-state index contributed by atoms with van der Waals surface area (Å²) >= 11 is 0. The summed E-state index contributed by atoms with van der Waals surface area (Å²) in [5, 5.41) is 4.23. The molecule has 2 fully saturated rings. The van der Waals surface area contributed by atoms with Gasteiger partial charge in [-0.1, -0.05) is 6.07 Å². The molecule has 2 aromatic rings. The molecule has 30 heavy (non-hydrogen) atoms. The molecular formula is C20H25FN4O4S. The number of nitrogens with zero attached hydrogens (tertiary/aromatic N) is 4. The van der Waals surface area contributed by atoms with E-state index in [1.807, 2.05) is 0 Å². The maximum Gasteiger partial charge on any atom is 0.259 e. The largest absolute Gasteiger partial charge is 0.369 e. The number of halogens is 1. The number of aromatic nitrogens is 2. The Labute approximate surface area is 175 Å². The molecule has 10 heteroatoms. The van der Waals surface area contributed by atoms with Crippen molar-refractivity contribution in [3.8, 4) is 0 Å². The Morgan fingerprint density at radius 1 is 1.23 bits per heavy atom. The predicted molar refractivity (Wildman–Crippen MR) is 108 cm³/mol. The molecule has 8 nitrogen and oxygen atoms in total. The van der Waals surface area contributed by atoms with E-state index in [0.29, 0.717) is 29.9 Å². The number of hydrogen-bond acceptors (Lipinski definition) is 5. The van der Waals surface area contributed by atoms with Gasteiger partial charge in [0.25, 0.3) is 5.91 Å². The van der Waals surface area contributed by atoms with E-state index in [2.05, 4.69) is 5.10 Å². The summed E-state index contributed by atoms with van der Waals surface area (Å²) < 4.78 is 48.8. The van der Waals surface area contributed by atoms with Gasteiger partial charge < -0.3 is 9.64 Å². The Bertz CT molecular complexity index is 1110. The molecule has 0 radical (unpaired) electrons. The first-order chi connectivity index (χ1) is 14.1. The van der Waals surface area contributed by atoms with Crippen LogP contribution < -0.4 is 4.90 Å². The molecule has 0 bridgehead atoms. The number of methoxy groups -OCH3 is 1. The third-order valence-electron chi connectivity index (χ3n) is 6.31. The summed E-state index contributed by atoms with van der Waals surface area (Å²) in [4.78, 5) is 14.5. The minimum absolute atomic E-state index is 0.231. The Morgan fingerprint density at radius 2 is 1.90 bits per heavy atom. The van der Waals surface area contributed by atoms with Gasteiger partial charge in [-0.2, -0.15) is 9.40 Å². The second kappa shape index (κ2) is 7.14. The van der Waals surface area contributed by atoms with Crippen molar-refractivity contribution < 1.29 is 22.3 Å². The monoisotopic (exact) mass is 436 g/mol. The Hall–Kier alpha value is -2.30. The molecule has 1 aromatic carbocycles. The van der Waals surface area contributed by atoms with E-state index in [1.165, 1.54) is 23.5 Å². The zero-order valence-electron chi connectivity index (χ0n) is 17.4. The van der Waals surface area contributed by atoms with Crippen molar-refractivity contribution in [1.82, 2.24) is 14.1 Å². The maximum atomic E-state index is 13.8. The molecule has 2 aliphatic heterocycles. The highest BCUT2D eigenvalue weighted by Crippen LogP contribution is 2.46. The van der Waals surface area contributed by atoms with Crippen molar-refractivity contribution in [1.29, 1.82) is 0 Å². The van der Waals surface area contributed by atoms with Gasteiger partial charge in [-0.05, 0) is 44.9 Å². The summed E-state index contributed by atoms with van der Waals surface area (Å²) in [6.07, 6.45) is 0.115. The van der Waals surface area contributed by atoms with Crippen molar-refractivity contribution in [2.75, 3.05) is 25.1 Å². The van der Waals surface area contributed by atoms with Crippen LogP contribution in [0.4, 0.5) is 10.1 Å². The first-order valence-electron chi connectivity index (χ1n) is 9.76. The zero-order chi connectivity index (χ0) is 21.8. The van der Waals surface area contributed by atoms with E-state index < -0.39 is 27.5 Å². The van der Waals surface area contributed by atoms with Crippen LogP contribution in [0.3, 0.4) is 0 Å². The number of amides is 1. The second-order valence-corrected chi connectivity index (χ2v) is 9.78. The highest BCUT2D eigenvalue weighted by Gasteiger charge is 2.62. The van der Waals surface area contributed by atoms with Gasteiger partial charge in [0.05, 0.1) is 16.9 Å². The molecule has 4 rings (SSSR count). The molecule has 1 amide bonds. The van der Waals surface area contributed by atoms with Crippen molar-refractivity contribution in [2.24, 2.45) is 7.05 Å². The highest BCUT2D eigenvalue weighted by atomic mass is 32.2. The third kappa shape index (κ3) is 2.89. The number of aryl methyl sites for hydroxylation is 2. The van der Waals surface area contributed by atoms with E-state index in [1.54, 1.807) is 42.6 Å². The molecule has 162 valence electrons. The number of rotatable bonds is 4. The van der Waals surface area contributed by atoms with Gasteiger partial charge in [0.1, 0.15) is 10.7 Å². The average molecular weight is 437 g/mol. The molecule has 0 N–H and O–H groups in total. The fourth-order valence-corrected chi connectivity index (χ4v) is 6.63. The minimum Gasteiger partial charge on any atom is -0.369 e. The minimum atomic E-state index is -3.72. The molecule has 1 aromatic heterocycles. The average Bonchev–Trinajstić information content (AvgIpc) is 2.94. The Balaban J connectivity index is 1.62. The van der Waals surface area contributed by atoms with E-state index in [-0.39, 0.29) is 23.9 Å². The number of anilines is 1. The Morgan fingerprint density at radius 3 is 2.43 bits per heavy atom. The molecule has 2 saturated heterocycles. The van der Waals surface area contributed by atoms with Gasteiger partial charge in [0, 0.05) is 32.9 Å². The lowest BCUT2D eigenvalue weighted by Gasteiger charge is -2.59. The maximum absolute atomic E-state index is 13.8. The number of ether oxygens (including phenoxy) is 1. The van der Waals surface area contributed by atoms with Crippen LogP contribution in [0.1, 0.15) is 24.2 Å². The van der Waals surface area contributed by atoms with Crippen molar-refractivity contribution in [3.05, 3.63) is 41.5 Å². The standard InChI is InChI=1S/C20H25FN4O4S/c1-13-17(14(2)23(3)22-13)30(27,28)24-10-8-20(9-11-24)18(29-4)19(26)25(20)16-7-5-6-15(21)12-16/h5-7,12,18H,8-11H2,1-4H3. The molecule has 0 aliphatic carbocycles. The molecule has 1 atom stereocenters. The van der Waals surface area contributed by atoms with Gasteiger partial charge in [-0.3, -0.25) is 9.48 Å². The van der Waals surface area contributed by atoms with Crippen LogP contribution in [0, 0.1) is 19.7 Å². The van der Waals surface area contributed by atoms with Crippen LogP contribution >= 0.6 is 0 Å². The second-order valence-electron chi connectivity index (χ2n) is 7.90. The first-order valence-corrected chi connectivity index (χ1v) is 11.2. The smallest absolute Gasteiger partial charge is 0.259 e. The van der Waals surface area contributed by atoms with E-state index in [0.717, 1.165) is 0 Å². The van der Waals surface area contributed by atoms with Crippen LogP contribution in [0.5, 0.6) is 0 Å². The van der Waals surface area contributed by atoms with Crippen LogP contribution in [0.25, 0.3) is 0 Å². The molecular weight excluding hydrogens is 411 g/mol. The van der Waals surface area contributed by atoms with Crippen molar-refractivity contribution in [2.45, 2.75) is 43.2 Å². The lowest BCUT2D eigenvalue weighted by molar-refractivity contribution is -0.150. The van der Waals surface area contributed by atoms with Gasteiger partial charge in [-0.25, -0.2) is 12.8 Å². The molecule has 1 unspecified atom stereocenters. The SMILES string of the molecule is COC1C(=O)N(c2cccc(F)c2)C12CCN(S(=O)(=O)c1c(C)nn(C)c1C)CC2. The number of benzene rings is 1. The van der Waals surface area contributed by atoms with Crippen molar-refractivity contribution in [3.63, 3.8) is 0 Å². The molecule has 3 heterocycles. The molecule has 0 saturated carbocycles. The first kappa shape index (κ1) is 21.0. The van der Waals surface area contributed by atoms with E-state index in [9.17, 15) is 17.6 Å². The highest BCUT2D eigenvalue weighted by molar-refractivity contribution is 7.89. The summed E-state index contributed by atoms with van der Waals surface area (Å²) in [6.45, 7) is 3.88. The van der Waals surface area contributed by atoms with Crippen LogP contribution in [0.2, 0.25) is 0 Å². The fraction of sp³-hybridized carbons (Fsp3) is 0.500. The summed E-state index contributed by atoms with van der Waals surface area (Å²) in [7, 11) is -0.532. The summed E-state index contributed by atoms with van der Waals surface area (Å²) in [5.74, 6) is -0.669. The van der Waals surface area contributed by atoms with Crippen LogP contribution in [-0.2, 0) is 26.6 Å². The normalized spacial score (nSPS) is 21.8. The topological polar surface area (TPSA) is 84.7 Å². The lowest BCUT2D eigenvalue weighted by atomic mass is 9.73. The lowest BCUT2D eigenvalue weighted by Crippen LogP contribution is -2.77. The van der Waals surface area contributed by atoms with Gasteiger partial charge in [-0.15, -0.1) is 0 Å². The van der Waals surface area contributed by atoms with E-state index in [4.69, 9.17) is 4.74 Å². The molecule has 2 aliphatic rings. The third-order valence-corrected chi connectivity index (χ3v) is 8.46.